The summed E-state index contributed by atoms with van der Waals surface area (Å²) in [7, 11) is 2.12. The van der Waals surface area contributed by atoms with Gasteiger partial charge in [-0.05, 0) is 38.8 Å². The second kappa shape index (κ2) is 5.13. The van der Waals surface area contributed by atoms with Crippen molar-refractivity contribution in [1.29, 1.82) is 0 Å². The molecule has 0 saturated heterocycles. The van der Waals surface area contributed by atoms with Crippen molar-refractivity contribution in [2.24, 2.45) is 5.92 Å². The van der Waals surface area contributed by atoms with Crippen LogP contribution in [0.3, 0.4) is 0 Å². The number of hydrogen-bond acceptors (Lipinski definition) is 2. The van der Waals surface area contributed by atoms with E-state index in [1.807, 2.05) is 0 Å². The van der Waals surface area contributed by atoms with E-state index >= 15 is 0 Å². The lowest BCUT2D eigenvalue weighted by Crippen LogP contribution is -2.39. The third-order valence-corrected chi connectivity index (χ3v) is 3.19. The van der Waals surface area contributed by atoms with Crippen molar-refractivity contribution in [2.45, 2.75) is 51.6 Å². The van der Waals surface area contributed by atoms with E-state index in [9.17, 15) is 5.11 Å². The van der Waals surface area contributed by atoms with Gasteiger partial charge in [0, 0.05) is 6.54 Å². The molecule has 1 fully saturated rings. The van der Waals surface area contributed by atoms with Gasteiger partial charge in [-0.1, -0.05) is 26.7 Å². The minimum absolute atomic E-state index is 0.369. The van der Waals surface area contributed by atoms with Crippen molar-refractivity contribution < 1.29 is 5.11 Å². The molecule has 0 atom stereocenters. The van der Waals surface area contributed by atoms with Crippen molar-refractivity contribution in [2.75, 3.05) is 20.1 Å². The average Bonchev–Trinajstić information content (AvgIpc) is 2.48. The number of hydrogen-bond donors (Lipinski definition) is 1. The molecule has 14 heavy (non-hydrogen) atoms. The first-order valence-corrected chi connectivity index (χ1v) is 5.93. The highest BCUT2D eigenvalue weighted by molar-refractivity contribution is 4.86. The average molecular weight is 199 g/mol. The monoisotopic (exact) mass is 199 g/mol. The van der Waals surface area contributed by atoms with Crippen LogP contribution in [-0.2, 0) is 0 Å². The molecule has 0 aliphatic heterocycles. The van der Waals surface area contributed by atoms with Gasteiger partial charge in [0.05, 0.1) is 5.60 Å². The van der Waals surface area contributed by atoms with Gasteiger partial charge in [-0.3, -0.25) is 0 Å². The molecule has 0 amide bonds. The van der Waals surface area contributed by atoms with Gasteiger partial charge in [0.25, 0.3) is 0 Å². The first kappa shape index (κ1) is 12.0. The Balaban J connectivity index is 2.21. The number of nitrogens with zero attached hydrogens (tertiary/aromatic N) is 1. The largest absolute Gasteiger partial charge is 0.389 e. The Labute approximate surface area is 88.3 Å². The van der Waals surface area contributed by atoms with E-state index in [2.05, 4.69) is 25.8 Å². The fourth-order valence-corrected chi connectivity index (χ4v) is 2.25. The minimum atomic E-state index is -0.369. The Morgan fingerprint density at radius 3 is 2.36 bits per heavy atom. The summed E-state index contributed by atoms with van der Waals surface area (Å²) in [6.45, 7) is 6.47. The molecule has 2 nitrogen and oxygen atoms in total. The van der Waals surface area contributed by atoms with Crippen molar-refractivity contribution in [3.05, 3.63) is 0 Å². The molecule has 0 bridgehead atoms. The first-order chi connectivity index (χ1) is 6.52. The molecule has 0 unspecified atom stereocenters. The van der Waals surface area contributed by atoms with Crippen LogP contribution < -0.4 is 0 Å². The zero-order chi connectivity index (χ0) is 10.6. The molecule has 0 aromatic rings. The zero-order valence-electron chi connectivity index (χ0n) is 9.92. The zero-order valence-corrected chi connectivity index (χ0v) is 9.92. The van der Waals surface area contributed by atoms with E-state index in [4.69, 9.17) is 0 Å². The first-order valence-electron chi connectivity index (χ1n) is 5.93. The van der Waals surface area contributed by atoms with Crippen LogP contribution in [-0.4, -0.2) is 35.7 Å². The Kier molecular flexibility index (Phi) is 4.39. The van der Waals surface area contributed by atoms with Gasteiger partial charge < -0.3 is 10.0 Å². The van der Waals surface area contributed by atoms with Crippen molar-refractivity contribution in [3.63, 3.8) is 0 Å². The van der Waals surface area contributed by atoms with Gasteiger partial charge in [0.1, 0.15) is 0 Å². The highest BCUT2D eigenvalue weighted by Gasteiger charge is 2.31. The lowest BCUT2D eigenvalue weighted by Gasteiger charge is -2.28. The fourth-order valence-electron chi connectivity index (χ4n) is 2.25. The van der Waals surface area contributed by atoms with E-state index in [1.54, 1.807) is 0 Å². The van der Waals surface area contributed by atoms with Crippen LogP contribution in [0.4, 0.5) is 0 Å². The standard InChI is InChI=1S/C12H25NO/c1-11(2)6-9-13(3)10-12(14)7-4-5-8-12/h11,14H,4-10H2,1-3H3. The minimum Gasteiger partial charge on any atom is -0.389 e. The molecule has 1 rings (SSSR count). The van der Waals surface area contributed by atoms with Gasteiger partial charge >= 0.3 is 0 Å². The molecule has 1 aliphatic carbocycles. The summed E-state index contributed by atoms with van der Waals surface area (Å²) in [4.78, 5) is 2.28. The number of rotatable bonds is 5. The molecule has 0 heterocycles. The maximum absolute atomic E-state index is 10.2. The fraction of sp³-hybridized carbons (Fsp3) is 1.00. The number of likely N-dealkylation sites (N-methyl/N-ethyl adjacent to an activating group) is 1. The Morgan fingerprint density at radius 1 is 1.29 bits per heavy atom. The summed E-state index contributed by atoms with van der Waals surface area (Å²) < 4.78 is 0. The number of aliphatic hydroxyl groups is 1. The van der Waals surface area contributed by atoms with Gasteiger partial charge in [0.2, 0.25) is 0 Å². The summed E-state index contributed by atoms with van der Waals surface area (Å²) in [5.74, 6) is 0.760. The van der Waals surface area contributed by atoms with Gasteiger partial charge in [-0.25, -0.2) is 0 Å². The molecule has 0 spiro atoms. The van der Waals surface area contributed by atoms with Crippen molar-refractivity contribution >= 4 is 0 Å². The normalized spacial score (nSPS) is 21.0. The Morgan fingerprint density at radius 2 is 1.86 bits per heavy atom. The molecule has 1 saturated carbocycles. The molecule has 1 N–H and O–H groups in total. The van der Waals surface area contributed by atoms with Gasteiger partial charge in [-0.15, -0.1) is 0 Å². The van der Waals surface area contributed by atoms with Crippen molar-refractivity contribution in [3.8, 4) is 0 Å². The third-order valence-electron chi connectivity index (χ3n) is 3.19. The van der Waals surface area contributed by atoms with Crippen LogP contribution in [0.15, 0.2) is 0 Å². The maximum atomic E-state index is 10.2. The van der Waals surface area contributed by atoms with E-state index in [-0.39, 0.29) is 5.60 Å². The molecule has 1 aliphatic rings. The summed E-state index contributed by atoms with van der Waals surface area (Å²) in [5, 5.41) is 10.2. The van der Waals surface area contributed by atoms with E-state index < -0.39 is 0 Å². The van der Waals surface area contributed by atoms with Gasteiger partial charge in [0.15, 0.2) is 0 Å². The molecule has 0 aromatic heterocycles. The van der Waals surface area contributed by atoms with Crippen LogP contribution in [0.1, 0.15) is 46.0 Å². The van der Waals surface area contributed by atoms with Gasteiger partial charge in [-0.2, -0.15) is 0 Å². The van der Waals surface area contributed by atoms with Crippen LogP contribution in [0, 0.1) is 5.92 Å². The Hall–Kier alpha value is -0.0800. The second-order valence-electron chi connectivity index (χ2n) is 5.35. The van der Waals surface area contributed by atoms with Crippen LogP contribution in [0.5, 0.6) is 0 Å². The SMILES string of the molecule is CC(C)CCN(C)CC1(O)CCCC1. The molecule has 2 heteroatoms. The van der Waals surface area contributed by atoms with E-state index in [0.29, 0.717) is 0 Å². The van der Waals surface area contributed by atoms with Crippen LogP contribution in [0.25, 0.3) is 0 Å². The highest BCUT2D eigenvalue weighted by Crippen LogP contribution is 2.29. The molecule has 0 aromatic carbocycles. The maximum Gasteiger partial charge on any atom is 0.0774 e. The summed E-state index contributed by atoms with van der Waals surface area (Å²) in [6, 6.07) is 0. The molecular formula is C12H25NO. The lowest BCUT2D eigenvalue weighted by atomic mass is 10.0. The summed E-state index contributed by atoms with van der Waals surface area (Å²) in [5.41, 5.74) is -0.369. The summed E-state index contributed by atoms with van der Waals surface area (Å²) >= 11 is 0. The lowest BCUT2D eigenvalue weighted by molar-refractivity contribution is 0.0155. The van der Waals surface area contributed by atoms with Crippen molar-refractivity contribution in [1.82, 2.24) is 4.90 Å². The van der Waals surface area contributed by atoms with Crippen LogP contribution in [0.2, 0.25) is 0 Å². The molecular weight excluding hydrogens is 174 g/mol. The third kappa shape index (κ3) is 3.97. The Bertz CT molecular complexity index is 162. The van der Waals surface area contributed by atoms with E-state index in [0.717, 1.165) is 31.8 Å². The molecule has 84 valence electrons. The molecule has 0 radical (unpaired) electrons. The topological polar surface area (TPSA) is 23.5 Å². The predicted octanol–water partition coefficient (Wildman–Crippen LogP) is 2.27. The quantitative estimate of drug-likeness (QED) is 0.734. The smallest absolute Gasteiger partial charge is 0.0774 e. The second-order valence-corrected chi connectivity index (χ2v) is 5.35. The summed E-state index contributed by atoms with van der Waals surface area (Å²) in [6.07, 6.45) is 5.63. The van der Waals surface area contributed by atoms with E-state index in [1.165, 1.54) is 19.3 Å². The van der Waals surface area contributed by atoms with Crippen LogP contribution >= 0.6 is 0 Å². The predicted molar refractivity (Wildman–Crippen MR) is 60.4 cm³/mol. The highest BCUT2D eigenvalue weighted by atomic mass is 16.3.